The first kappa shape index (κ1) is 32.2. The number of ether oxygens (including phenoxy) is 4. The van der Waals surface area contributed by atoms with Gasteiger partial charge in [-0.2, -0.15) is 0 Å². The minimum absolute atomic E-state index is 0.114. The summed E-state index contributed by atoms with van der Waals surface area (Å²) in [6.07, 6.45) is -1.96. The van der Waals surface area contributed by atoms with Crippen molar-refractivity contribution in [1.29, 1.82) is 0 Å². The van der Waals surface area contributed by atoms with E-state index in [9.17, 15) is 14.4 Å². The van der Waals surface area contributed by atoms with Gasteiger partial charge in [0.05, 0.1) is 39.8 Å². The fraction of sp³-hybridized carbons (Fsp3) is 0.139. The Bertz CT molecular complexity index is 1920. The molecule has 5 aromatic rings. The molecule has 0 aliphatic carbocycles. The third-order valence-electron chi connectivity index (χ3n) is 7.42. The number of aromatic nitrogens is 1. The van der Waals surface area contributed by atoms with Crippen molar-refractivity contribution >= 4 is 47.1 Å². The number of halogens is 1. The van der Waals surface area contributed by atoms with Crippen LogP contribution in [0, 0.1) is 0 Å². The standard InChI is InChI=1S/C36H28ClN3O8/c37-26-16-17-27(38)28(18-26)39-19-25-20-40-48-30(25)32-33(47-36(43)24-14-8-3-9-15-24)31(46-35(42)23-12-6-2-7-13-23)29(45-32)21-44-34(41)22-10-4-1-5-11-22/h1-20,29,31-33H,21,38H2/t29-,31-,32+,33-/m1/s1. The highest BCUT2D eigenvalue weighted by Gasteiger charge is 2.53. The summed E-state index contributed by atoms with van der Waals surface area (Å²) >= 11 is 6.13. The molecule has 1 aromatic heterocycles. The average molecular weight is 666 g/mol. The lowest BCUT2D eigenvalue weighted by molar-refractivity contribution is -0.0467. The second kappa shape index (κ2) is 14.8. The van der Waals surface area contributed by atoms with Crippen molar-refractivity contribution in [3.63, 3.8) is 0 Å². The van der Waals surface area contributed by atoms with Gasteiger partial charge >= 0.3 is 17.9 Å². The van der Waals surface area contributed by atoms with Crippen LogP contribution in [0.3, 0.4) is 0 Å². The normalized spacial score (nSPS) is 18.8. The first-order chi connectivity index (χ1) is 23.4. The molecule has 0 radical (unpaired) electrons. The molecule has 4 atom stereocenters. The highest BCUT2D eigenvalue weighted by Crippen LogP contribution is 2.40. The fourth-order valence-corrected chi connectivity index (χ4v) is 5.19. The topological polar surface area (TPSA) is 153 Å². The van der Waals surface area contributed by atoms with Crippen LogP contribution in [-0.2, 0) is 18.9 Å². The molecule has 0 bridgehead atoms. The fourth-order valence-electron chi connectivity index (χ4n) is 5.03. The summed E-state index contributed by atoms with van der Waals surface area (Å²) < 4.78 is 29.5. The smallest absolute Gasteiger partial charge is 0.338 e. The summed E-state index contributed by atoms with van der Waals surface area (Å²) in [4.78, 5) is 44.2. The molecule has 242 valence electrons. The van der Waals surface area contributed by atoms with Crippen LogP contribution in [0.4, 0.5) is 11.4 Å². The van der Waals surface area contributed by atoms with E-state index in [1.807, 2.05) is 0 Å². The molecular weight excluding hydrogens is 638 g/mol. The molecule has 12 heteroatoms. The molecule has 0 saturated carbocycles. The minimum Gasteiger partial charge on any atom is -0.459 e. The number of anilines is 1. The van der Waals surface area contributed by atoms with Crippen molar-refractivity contribution in [3.05, 3.63) is 148 Å². The molecule has 1 saturated heterocycles. The Labute approximate surface area is 279 Å². The summed E-state index contributed by atoms with van der Waals surface area (Å²) in [5, 5.41) is 4.36. The molecule has 6 rings (SSSR count). The monoisotopic (exact) mass is 665 g/mol. The molecule has 48 heavy (non-hydrogen) atoms. The van der Waals surface area contributed by atoms with Gasteiger partial charge in [-0.25, -0.2) is 14.4 Å². The lowest BCUT2D eigenvalue weighted by atomic mass is 10.0. The molecular formula is C36H28ClN3O8. The van der Waals surface area contributed by atoms with E-state index in [1.54, 1.807) is 109 Å². The quantitative estimate of drug-likeness (QED) is 0.0766. The number of nitrogens with zero attached hydrogens (tertiary/aromatic N) is 2. The molecule has 0 unspecified atom stereocenters. The Hall–Kier alpha value is -5.78. The summed E-state index contributed by atoms with van der Waals surface area (Å²) in [6, 6.07) is 29.8. The number of rotatable bonds is 10. The largest absolute Gasteiger partial charge is 0.459 e. The van der Waals surface area contributed by atoms with Crippen molar-refractivity contribution in [2.75, 3.05) is 12.3 Å². The van der Waals surface area contributed by atoms with Crippen LogP contribution in [-0.4, -0.2) is 54.2 Å². The molecule has 1 aliphatic heterocycles. The van der Waals surface area contributed by atoms with Crippen LogP contribution >= 0.6 is 11.6 Å². The van der Waals surface area contributed by atoms with Gasteiger partial charge in [-0.3, -0.25) is 4.99 Å². The SMILES string of the molecule is Nc1ccc(Cl)cc1N=Cc1cnoc1[C@@H]1O[C@H](COC(=O)c2ccccc2)[C@@H](OC(=O)c2ccccc2)[C@H]1OC(=O)c1ccccc1. The first-order valence-electron chi connectivity index (χ1n) is 14.8. The predicted molar refractivity (Wildman–Crippen MR) is 175 cm³/mol. The number of aliphatic imine (C=N–C) groups is 1. The molecule has 1 aliphatic rings. The Kier molecular flexibility index (Phi) is 9.89. The van der Waals surface area contributed by atoms with Crippen molar-refractivity contribution in [2.24, 2.45) is 4.99 Å². The zero-order valence-corrected chi connectivity index (χ0v) is 25.9. The van der Waals surface area contributed by atoms with Crippen LogP contribution in [0.2, 0.25) is 5.02 Å². The van der Waals surface area contributed by atoms with Crippen LogP contribution < -0.4 is 5.73 Å². The maximum atomic E-state index is 13.4. The van der Waals surface area contributed by atoms with Gasteiger partial charge in [0.1, 0.15) is 12.7 Å². The van der Waals surface area contributed by atoms with E-state index in [4.69, 9.17) is 40.8 Å². The van der Waals surface area contributed by atoms with Crippen LogP contribution in [0.15, 0.2) is 125 Å². The second-order valence-electron chi connectivity index (χ2n) is 10.6. The maximum absolute atomic E-state index is 13.4. The van der Waals surface area contributed by atoms with Crippen LogP contribution in [0.1, 0.15) is 48.5 Å². The van der Waals surface area contributed by atoms with Gasteiger partial charge in [-0.1, -0.05) is 71.4 Å². The van der Waals surface area contributed by atoms with E-state index in [0.29, 0.717) is 27.5 Å². The maximum Gasteiger partial charge on any atom is 0.338 e. The van der Waals surface area contributed by atoms with Crippen molar-refractivity contribution in [3.8, 4) is 0 Å². The lowest BCUT2D eigenvalue weighted by Gasteiger charge is -2.24. The van der Waals surface area contributed by atoms with E-state index in [0.717, 1.165) is 0 Å². The molecule has 1 fully saturated rings. The van der Waals surface area contributed by atoms with Gasteiger partial charge in [0.25, 0.3) is 0 Å². The van der Waals surface area contributed by atoms with E-state index < -0.39 is 42.3 Å². The summed E-state index contributed by atoms with van der Waals surface area (Å²) in [5.41, 5.74) is 8.02. The van der Waals surface area contributed by atoms with Crippen LogP contribution in [0.5, 0.6) is 0 Å². The summed E-state index contributed by atoms with van der Waals surface area (Å²) in [6.45, 7) is -0.354. The third-order valence-corrected chi connectivity index (χ3v) is 7.66. The van der Waals surface area contributed by atoms with Crippen LogP contribution in [0.25, 0.3) is 0 Å². The van der Waals surface area contributed by atoms with Gasteiger partial charge in [-0.05, 0) is 54.6 Å². The van der Waals surface area contributed by atoms with Gasteiger partial charge in [0.15, 0.2) is 24.1 Å². The third kappa shape index (κ3) is 7.43. The van der Waals surface area contributed by atoms with E-state index >= 15 is 0 Å². The molecule has 0 spiro atoms. The second-order valence-corrected chi connectivity index (χ2v) is 11.1. The highest BCUT2D eigenvalue weighted by molar-refractivity contribution is 6.31. The van der Waals surface area contributed by atoms with Gasteiger partial charge in [0.2, 0.25) is 0 Å². The number of carbonyl (C=O) groups excluding carboxylic acids is 3. The Morgan fingerprint density at radius 3 is 1.96 bits per heavy atom. The molecule has 11 nitrogen and oxygen atoms in total. The Balaban J connectivity index is 1.36. The van der Waals surface area contributed by atoms with Gasteiger partial charge < -0.3 is 29.2 Å². The molecule has 2 N–H and O–H groups in total. The van der Waals surface area contributed by atoms with Crippen molar-refractivity contribution < 1.29 is 37.9 Å². The van der Waals surface area contributed by atoms with Crippen molar-refractivity contribution in [1.82, 2.24) is 5.16 Å². The number of hydrogen-bond donors (Lipinski definition) is 1. The predicted octanol–water partition coefficient (Wildman–Crippen LogP) is 6.41. The zero-order chi connectivity index (χ0) is 33.5. The van der Waals surface area contributed by atoms with E-state index in [2.05, 4.69) is 10.1 Å². The van der Waals surface area contributed by atoms with Gasteiger partial charge in [-0.15, -0.1) is 0 Å². The Morgan fingerprint density at radius 1 is 0.792 bits per heavy atom. The number of nitrogen functional groups attached to an aromatic ring is 1. The average Bonchev–Trinajstić information content (AvgIpc) is 3.72. The molecule has 0 amide bonds. The lowest BCUT2D eigenvalue weighted by Crippen LogP contribution is -2.40. The molecule has 2 heterocycles. The number of benzene rings is 4. The summed E-state index contributed by atoms with van der Waals surface area (Å²) in [7, 11) is 0. The van der Waals surface area contributed by atoms with E-state index in [-0.39, 0.29) is 23.5 Å². The number of carbonyl (C=O) groups is 3. The summed E-state index contributed by atoms with van der Waals surface area (Å²) in [5.74, 6) is -1.93. The Morgan fingerprint density at radius 2 is 1.35 bits per heavy atom. The highest BCUT2D eigenvalue weighted by atomic mass is 35.5. The number of esters is 3. The number of hydrogen-bond acceptors (Lipinski definition) is 11. The van der Waals surface area contributed by atoms with Gasteiger partial charge in [0, 0.05) is 11.2 Å². The molecule has 4 aromatic carbocycles. The zero-order valence-electron chi connectivity index (χ0n) is 25.2. The number of nitrogens with two attached hydrogens (primary N) is 1. The first-order valence-corrected chi connectivity index (χ1v) is 15.2. The van der Waals surface area contributed by atoms with Crippen molar-refractivity contribution in [2.45, 2.75) is 24.4 Å². The minimum atomic E-state index is -1.28. The van der Waals surface area contributed by atoms with E-state index in [1.165, 1.54) is 12.4 Å².